The summed E-state index contributed by atoms with van der Waals surface area (Å²) < 4.78 is 71.0. The fourth-order valence-electron chi connectivity index (χ4n) is 3.86. The lowest BCUT2D eigenvalue weighted by molar-refractivity contribution is -0.181. The van der Waals surface area contributed by atoms with Crippen LogP contribution >= 0.6 is 0 Å². The molecule has 1 saturated carbocycles. The average molecular weight is 477 g/mol. The summed E-state index contributed by atoms with van der Waals surface area (Å²) in [6.45, 7) is 4.07. The molecule has 4 aromatic rings. The zero-order valence-electron chi connectivity index (χ0n) is 18.3. The third-order valence-electron chi connectivity index (χ3n) is 6.27. The Morgan fingerprint density at radius 3 is 2.53 bits per heavy atom. The molecule has 0 unspecified atom stereocenters. The third-order valence-corrected chi connectivity index (χ3v) is 6.27. The van der Waals surface area contributed by atoms with Crippen LogP contribution in [0.3, 0.4) is 0 Å². The minimum absolute atomic E-state index is 0.0895. The van der Waals surface area contributed by atoms with E-state index in [9.17, 15) is 22.0 Å². The molecule has 1 aliphatic carbocycles. The number of nitrogens with zero attached hydrogens (tertiary/aromatic N) is 5. The molecule has 0 spiro atoms. The van der Waals surface area contributed by atoms with E-state index in [0.717, 1.165) is 17.3 Å². The van der Waals surface area contributed by atoms with Crippen LogP contribution in [0.25, 0.3) is 16.7 Å². The average Bonchev–Trinajstić information content (AvgIpc) is 3.39. The topological polar surface area (TPSA) is 55.5 Å². The lowest BCUT2D eigenvalue weighted by Crippen LogP contribution is -2.30. The second-order valence-electron chi connectivity index (χ2n) is 8.67. The standard InChI is InChI=1S/C18H13F2N5O.C5H7F3/c1-10-3-2-4-13-16(10)26-8-7-24(13)17-14-12(6-5-11(19)15(14)20)25-9-21-23-18(25)22-17;1-4(2-3-4)5(6,7)8/h2-6,9H,7-8H2,1H3;2-3H2,1H3. The van der Waals surface area contributed by atoms with E-state index in [0.29, 0.717) is 48.9 Å². The smallest absolute Gasteiger partial charge is 0.394 e. The number of alkyl halides is 3. The Labute approximate surface area is 191 Å². The molecule has 2 aromatic heterocycles. The Hall–Kier alpha value is -3.50. The summed E-state index contributed by atoms with van der Waals surface area (Å²) in [6, 6.07) is 8.31. The molecule has 0 bridgehead atoms. The van der Waals surface area contributed by atoms with E-state index in [-0.39, 0.29) is 5.39 Å². The van der Waals surface area contributed by atoms with Gasteiger partial charge in [0.2, 0.25) is 0 Å². The zero-order valence-corrected chi connectivity index (χ0v) is 18.3. The third kappa shape index (κ3) is 3.59. The molecule has 3 heterocycles. The number of benzene rings is 2. The fraction of sp³-hybridized carbons (Fsp3) is 0.348. The van der Waals surface area contributed by atoms with Crippen molar-refractivity contribution in [2.45, 2.75) is 32.9 Å². The van der Waals surface area contributed by atoms with Crippen LogP contribution in [0.15, 0.2) is 36.7 Å². The molecule has 2 aliphatic rings. The highest BCUT2D eigenvalue weighted by Crippen LogP contribution is 2.56. The van der Waals surface area contributed by atoms with Crippen LogP contribution in [0.5, 0.6) is 5.75 Å². The molecule has 1 fully saturated rings. The van der Waals surface area contributed by atoms with E-state index >= 15 is 0 Å². The molecule has 0 N–H and O–H groups in total. The van der Waals surface area contributed by atoms with Gasteiger partial charge in [-0.3, -0.25) is 4.40 Å². The second kappa shape index (κ2) is 7.78. The highest BCUT2D eigenvalue weighted by atomic mass is 19.4. The SMILES string of the molecule is CC1(C(F)(F)F)CC1.Cc1cccc2c1OCCN2c1nc2nncn2c2ccc(F)c(F)c12. The van der Waals surface area contributed by atoms with Crippen LogP contribution < -0.4 is 9.64 Å². The summed E-state index contributed by atoms with van der Waals surface area (Å²) >= 11 is 0. The molecule has 0 amide bonds. The van der Waals surface area contributed by atoms with Crippen LogP contribution in [-0.2, 0) is 0 Å². The van der Waals surface area contributed by atoms with Crippen LogP contribution in [0, 0.1) is 24.0 Å². The molecule has 34 heavy (non-hydrogen) atoms. The van der Waals surface area contributed by atoms with Gasteiger partial charge in [-0.25, -0.2) is 8.78 Å². The first kappa shape index (κ1) is 22.3. The van der Waals surface area contributed by atoms with Crippen LogP contribution in [0.1, 0.15) is 25.3 Å². The molecule has 0 saturated heterocycles. The van der Waals surface area contributed by atoms with Gasteiger partial charge in [-0.15, -0.1) is 10.2 Å². The van der Waals surface area contributed by atoms with Gasteiger partial charge in [-0.2, -0.15) is 18.2 Å². The van der Waals surface area contributed by atoms with E-state index in [1.165, 1.54) is 19.3 Å². The minimum atomic E-state index is -3.95. The maximum atomic E-state index is 14.8. The van der Waals surface area contributed by atoms with Gasteiger partial charge in [-0.1, -0.05) is 19.1 Å². The van der Waals surface area contributed by atoms with Crippen molar-refractivity contribution in [3.63, 3.8) is 0 Å². The normalized spacial score (nSPS) is 16.6. The van der Waals surface area contributed by atoms with Gasteiger partial charge in [0.25, 0.3) is 5.78 Å². The number of rotatable bonds is 1. The quantitative estimate of drug-likeness (QED) is 0.327. The minimum Gasteiger partial charge on any atom is -0.489 e. The number of halogens is 5. The number of aromatic nitrogens is 4. The van der Waals surface area contributed by atoms with Gasteiger partial charge < -0.3 is 9.64 Å². The van der Waals surface area contributed by atoms with Gasteiger partial charge in [0, 0.05) is 0 Å². The molecule has 2 aromatic carbocycles. The number of para-hydroxylation sites is 1. The predicted octanol–water partition coefficient (Wildman–Crippen LogP) is 5.74. The van der Waals surface area contributed by atoms with E-state index < -0.39 is 23.2 Å². The van der Waals surface area contributed by atoms with E-state index in [1.807, 2.05) is 30.0 Å². The van der Waals surface area contributed by atoms with Crippen molar-refractivity contribution in [2.24, 2.45) is 5.41 Å². The molecular weight excluding hydrogens is 457 g/mol. The van der Waals surface area contributed by atoms with Gasteiger partial charge >= 0.3 is 6.18 Å². The van der Waals surface area contributed by atoms with Gasteiger partial charge in [-0.05, 0) is 43.5 Å². The Morgan fingerprint density at radius 2 is 1.85 bits per heavy atom. The summed E-state index contributed by atoms with van der Waals surface area (Å²) in [6.07, 6.45) is -1.89. The first-order valence-corrected chi connectivity index (χ1v) is 10.6. The second-order valence-corrected chi connectivity index (χ2v) is 8.67. The van der Waals surface area contributed by atoms with Crippen molar-refractivity contribution in [1.82, 2.24) is 19.6 Å². The molecular formula is C23H20F5N5O. The van der Waals surface area contributed by atoms with Crippen molar-refractivity contribution in [3.05, 3.63) is 53.9 Å². The van der Waals surface area contributed by atoms with E-state index in [2.05, 4.69) is 15.2 Å². The number of ether oxygens (including phenoxy) is 1. The first-order chi connectivity index (χ1) is 16.1. The summed E-state index contributed by atoms with van der Waals surface area (Å²) in [4.78, 5) is 6.31. The Kier molecular flexibility index (Phi) is 5.10. The highest BCUT2D eigenvalue weighted by molar-refractivity contribution is 5.94. The van der Waals surface area contributed by atoms with Crippen molar-refractivity contribution in [1.29, 1.82) is 0 Å². The lowest BCUT2D eigenvalue weighted by atomic mass is 10.1. The van der Waals surface area contributed by atoms with Crippen LogP contribution in [0.2, 0.25) is 0 Å². The van der Waals surface area contributed by atoms with Gasteiger partial charge in [0.05, 0.1) is 28.6 Å². The highest BCUT2D eigenvalue weighted by Gasteiger charge is 2.59. The number of aryl methyl sites for hydroxylation is 1. The van der Waals surface area contributed by atoms with Crippen molar-refractivity contribution < 1.29 is 26.7 Å². The molecule has 6 nitrogen and oxygen atoms in total. The lowest BCUT2D eigenvalue weighted by Gasteiger charge is -2.32. The van der Waals surface area contributed by atoms with Gasteiger partial charge in [0.15, 0.2) is 11.6 Å². The predicted molar refractivity (Wildman–Crippen MR) is 115 cm³/mol. The maximum Gasteiger partial charge on any atom is 0.394 e. The zero-order chi connectivity index (χ0) is 24.3. The number of anilines is 2. The molecule has 6 rings (SSSR count). The van der Waals surface area contributed by atoms with E-state index in [1.54, 1.807) is 4.40 Å². The monoisotopic (exact) mass is 477 g/mol. The largest absolute Gasteiger partial charge is 0.489 e. The number of hydrogen-bond acceptors (Lipinski definition) is 5. The Morgan fingerprint density at radius 1 is 1.09 bits per heavy atom. The molecule has 0 radical (unpaired) electrons. The fourth-order valence-corrected chi connectivity index (χ4v) is 3.86. The molecule has 0 atom stereocenters. The van der Waals surface area contributed by atoms with Crippen LogP contribution in [-0.4, -0.2) is 38.9 Å². The van der Waals surface area contributed by atoms with Gasteiger partial charge in [0.1, 0.15) is 24.5 Å². The van der Waals surface area contributed by atoms with Crippen molar-refractivity contribution >= 4 is 28.2 Å². The summed E-state index contributed by atoms with van der Waals surface area (Å²) in [7, 11) is 0. The van der Waals surface area contributed by atoms with E-state index in [4.69, 9.17) is 4.74 Å². The van der Waals surface area contributed by atoms with Crippen molar-refractivity contribution in [3.8, 4) is 5.75 Å². The molecule has 1 aliphatic heterocycles. The van der Waals surface area contributed by atoms with Crippen molar-refractivity contribution in [2.75, 3.05) is 18.1 Å². The molecule has 11 heteroatoms. The first-order valence-electron chi connectivity index (χ1n) is 10.6. The Balaban J connectivity index is 0.000000257. The Bertz CT molecular complexity index is 1390. The summed E-state index contributed by atoms with van der Waals surface area (Å²) in [5.41, 5.74) is 0.867. The molecule has 178 valence electrons. The number of fused-ring (bicyclic) bond motifs is 4. The van der Waals surface area contributed by atoms with Crippen LogP contribution in [0.4, 0.5) is 33.5 Å². The summed E-state index contributed by atoms with van der Waals surface area (Å²) in [5, 5.41) is 7.91. The summed E-state index contributed by atoms with van der Waals surface area (Å²) in [5.74, 6) is -0.536. The number of hydrogen-bond donors (Lipinski definition) is 0. The maximum absolute atomic E-state index is 14.8.